The normalized spacial score (nSPS) is 22.0. The van der Waals surface area contributed by atoms with Crippen LogP contribution in [-0.4, -0.2) is 35.5 Å². The Morgan fingerprint density at radius 2 is 2.28 bits per heavy atom. The molecule has 0 radical (unpaired) electrons. The quantitative estimate of drug-likeness (QED) is 0.886. The summed E-state index contributed by atoms with van der Waals surface area (Å²) in [5.74, 6) is 3.73. The monoisotopic (exact) mass is 266 g/mol. The lowest BCUT2D eigenvalue weighted by molar-refractivity contribution is 0.260. The van der Waals surface area contributed by atoms with Crippen LogP contribution in [0.2, 0.25) is 0 Å². The molecule has 1 aromatic rings. The van der Waals surface area contributed by atoms with E-state index in [0.717, 1.165) is 24.9 Å². The van der Waals surface area contributed by atoms with Gasteiger partial charge in [0.25, 0.3) is 0 Å². The van der Waals surface area contributed by atoms with Gasteiger partial charge in [0.05, 0.1) is 12.8 Å². The number of nitrogens with one attached hydrogen (secondary N) is 1. The Bertz CT molecular complexity index is 368. The van der Waals surface area contributed by atoms with E-state index in [-0.39, 0.29) is 0 Å². The van der Waals surface area contributed by atoms with Gasteiger partial charge in [0.1, 0.15) is 5.76 Å². The summed E-state index contributed by atoms with van der Waals surface area (Å²) in [7, 11) is 0. The highest BCUT2D eigenvalue weighted by atomic mass is 32.2. The maximum atomic E-state index is 5.67. The molecule has 0 spiro atoms. The first kappa shape index (κ1) is 12.6. The van der Waals surface area contributed by atoms with Crippen LogP contribution in [0.5, 0.6) is 0 Å². The van der Waals surface area contributed by atoms with Crippen LogP contribution < -0.4 is 5.32 Å². The molecule has 1 aliphatic carbocycles. The minimum atomic E-state index is 0.766. The predicted octanol–water partition coefficient (Wildman–Crippen LogP) is 2.47. The molecule has 1 saturated carbocycles. The Morgan fingerprint density at radius 3 is 3.17 bits per heavy atom. The summed E-state index contributed by atoms with van der Waals surface area (Å²) in [4.78, 5) is 2.53. The molecule has 0 amide bonds. The van der Waals surface area contributed by atoms with Crippen molar-refractivity contribution in [1.29, 1.82) is 0 Å². The number of furan rings is 1. The van der Waals surface area contributed by atoms with E-state index >= 15 is 0 Å². The Morgan fingerprint density at radius 1 is 1.33 bits per heavy atom. The third-order valence-corrected chi connectivity index (χ3v) is 4.73. The van der Waals surface area contributed by atoms with Crippen molar-refractivity contribution in [3.8, 4) is 0 Å². The smallest absolute Gasteiger partial charge is 0.122 e. The van der Waals surface area contributed by atoms with Gasteiger partial charge in [-0.1, -0.05) is 0 Å². The zero-order valence-corrected chi connectivity index (χ0v) is 11.7. The zero-order valence-electron chi connectivity index (χ0n) is 10.9. The molecule has 3 nitrogen and oxygen atoms in total. The summed E-state index contributed by atoms with van der Waals surface area (Å²) < 4.78 is 5.67. The highest BCUT2D eigenvalue weighted by Gasteiger charge is 2.21. The fraction of sp³-hybridized carbons (Fsp3) is 0.714. The first-order valence-corrected chi connectivity index (χ1v) is 8.16. The lowest BCUT2D eigenvalue weighted by Gasteiger charge is -2.18. The van der Waals surface area contributed by atoms with Crippen molar-refractivity contribution in [2.45, 2.75) is 38.4 Å². The second kappa shape index (κ2) is 6.13. The van der Waals surface area contributed by atoms with Gasteiger partial charge in [0.15, 0.2) is 0 Å². The van der Waals surface area contributed by atoms with Crippen molar-refractivity contribution in [3.63, 3.8) is 0 Å². The number of hydrogen-bond donors (Lipinski definition) is 1. The third-order valence-electron chi connectivity index (χ3n) is 3.68. The second-order valence-electron chi connectivity index (χ2n) is 5.27. The van der Waals surface area contributed by atoms with Crippen LogP contribution in [0.4, 0.5) is 0 Å². The average Bonchev–Trinajstić information content (AvgIpc) is 3.14. The highest BCUT2D eigenvalue weighted by Crippen LogP contribution is 2.21. The summed E-state index contributed by atoms with van der Waals surface area (Å²) in [6.45, 7) is 4.36. The molecule has 0 aromatic carbocycles. The van der Waals surface area contributed by atoms with Crippen LogP contribution in [0.15, 0.2) is 16.7 Å². The van der Waals surface area contributed by atoms with Gasteiger partial charge >= 0.3 is 0 Å². The predicted molar refractivity (Wildman–Crippen MR) is 75.8 cm³/mol. The lowest BCUT2D eigenvalue weighted by Crippen LogP contribution is -2.26. The summed E-state index contributed by atoms with van der Waals surface area (Å²) in [5.41, 5.74) is 1.35. The maximum Gasteiger partial charge on any atom is 0.122 e. The number of nitrogens with zero attached hydrogens (tertiary/aromatic N) is 1. The lowest BCUT2D eigenvalue weighted by atomic mass is 10.2. The van der Waals surface area contributed by atoms with Gasteiger partial charge in [-0.3, -0.25) is 4.90 Å². The summed E-state index contributed by atoms with van der Waals surface area (Å²) in [5, 5.41) is 3.57. The van der Waals surface area contributed by atoms with Crippen molar-refractivity contribution in [2.75, 3.05) is 24.6 Å². The molecule has 0 unspecified atom stereocenters. The molecule has 2 fully saturated rings. The standard InChI is InChI=1S/C14H22N2OS/c1-5-16(6-9-18-8-1)11-14-12(4-7-17-14)10-15-13-2-3-13/h4,7,13,15H,1-3,5-6,8-11H2. The van der Waals surface area contributed by atoms with E-state index < -0.39 is 0 Å². The summed E-state index contributed by atoms with van der Waals surface area (Å²) in [6, 6.07) is 2.89. The number of thioether (sulfide) groups is 1. The average molecular weight is 266 g/mol. The fourth-order valence-electron chi connectivity index (χ4n) is 2.36. The zero-order chi connectivity index (χ0) is 12.2. The SMILES string of the molecule is c1cc(CNC2CC2)c(CN2CCCSCC2)o1. The molecule has 1 aromatic heterocycles. The van der Waals surface area contributed by atoms with Gasteiger partial charge in [-0.25, -0.2) is 0 Å². The molecule has 1 N–H and O–H groups in total. The van der Waals surface area contributed by atoms with Crippen molar-refractivity contribution in [2.24, 2.45) is 0 Å². The van der Waals surface area contributed by atoms with E-state index in [4.69, 9.17) is 4.42 Å². The molecule has 2 heterocycles. The molecule has 0 atom stereocenters. The van der Waals surface area contributed by atoms with Gasteiger partial charge < -0.3 is 9.73 Å². The molecule has 18 heavy (non-hydrogen) atoms. The fourth-order valence-corrected chi connectivity index (χ4v) is 3.29. The molecular weight excluding hydrogens is 244 g/mol. The van der Waals surface area contributed by atoms with Crippen LogP contribution in [0, 0.1) is 0 Å². The minimum Gasteiger partial charge on any atom is -0.468 e. The first-order valence-electron chi connectivity index (χ1n) is 7.00. The van der Waals surface area contributed by atoms with Crippen LogP contribution in [0.25, 0.3) is 0 Å². The topological polar surface area (TPSA) is 28.4 Å². The van der Waals surface area contributed by atoms with E-state index in [1.165, 1.54) is 49.4 Å². The molecule has 0 bridgehead atoms. The number of rotatable bonds is 5. The van der Waals surface area contributed by atoms with E-state index in [9.17, 15) is 0 Å². The summed E-state index contributed by atoms with van der Waals surface area (Å²) in [6.07, 6.45) is 5.83. The molecule has 3 rings (SSSR count). The van der Waals surface area contributed by atoms with Crippen LogP contribution in [-0.2, 0) is 13.1 Å². The van der Waals surface area contributed by atoms with Crippen molar-refractivity contribution < 1.29 is 4.42 Å². The Labute approximate surface area is 113 Å². The van der Waals surface area contributed by atoms with Gasteiger partial charge in [-0.2, -0.15) is 11.8 Å². The molecule has 1 saturated heterocycles. The van der Waals surface area contributed by atoms with Crippen LogP contribution in [0.3, 0.4) is 0 Å². The Kier molecular flexibility index (Phi) is 4.28. The van der Waals surface area contributed by atoms with E-state index in [2.05, 4.69) is 28.0 Å². The van der Waals surface area contributed by atoms with Gasteiger partial charge in [0, 0.05) is 30.4 Å². The Balaban J connectivity index is 1.55. The second-order valence-corrected chi connectivity index (χ2v) is 6.49. The highest BCUT2D eigenvalue weighted by molar-refractivity contribution is 7.99. The molecule has 100 valence electrons. The van der Waals surface area contributed by atoms with E-state index in [0.29, 0.717) is 0 Å². The molecule has 1 aliphatic heterocycles. The van der Waals surface area contributed by atoms with Crippen molar-refractivity contribution in [1.82, 2.24) is 10.2 Å². The number of hydrogen-bond acceptors (Lipinski definition) is 4. The summed E-state index contributed by atoms with van der Waals surface area (Å²) >= 11 is 2.07. The Hall–Kier alpha value is -0.450. The van der Waals surface area contributed by atoms with E-state index in [1.54, 1.807) is 0 Å². The van der Waals surface area contributed by atoms with E-state index in [1.807, 2.05) is 6.26 Å². The third kappa shape index (κ3) is 3.53. The van der Waals surface area contributed by atoms with Gasteiger partial charge in [-0.05, 0) is 37.6 Å². The maximum absolute atomic E-state index is 5.67. The van der Waals surface area contributed by atoms with Crippen molar-refractivity contribution in [3.05, 3.63) is 23.7 Å². The first-order chi connectivity index (χ1) is 8.92. The molecular formula is C14H22N2OS. The molecule has 4 heteroatoms. The largest absolute Gasteiger partial charge is 0.468 e. The minimum absolute atomic E-state index is 0.766. The van der Waals surface area contributed by atoms with Gasteiger partial charge in [0.2, 0.25) is 0 Å². The van der Waals surface area contributed by atoms with Crippen molar-refractivity contribution >= 4 is 11.8 Å². The van der Waals surface area contributed by atoms with Crippen LogP contribution in [0.1, 0.15) is 30.6 Å². The van der Waals surface area contributed by atoms with Gasteiger partial charge in [-0.15, -0.1) is 0 Å². The molecule has 2 aliphatic rings. The van der Waals surface area contributed by atoms with Crippen LogP contribution >= 0.6 is 11.8 Å².